The van der Waals surface area contributed by atoms with Crippen molar-refractivity contribution < 1.29 is 0 Å². The molecule has 0 bridgehead atoms. The summed E-state index contributed by atoms with van der Waals surface area (Å²) >= 11 is 0. The van der Waals surface area contributed by atoms with Gasteiger partial charge in [0, 0.05) is 6.04 Å². The Morgan fingerprint density at radius 2 is 1.90 bits per heavy atom. The zero-order chi connectivity index (χ0) is 6.81. The molecule has 2 aliphatic carbocycles. The first-order valence-electron chi connectivity index (χ1n) is 4.68. The van der Waals surface area contributed by atoms with E-state index < -0.39 is 0 Å². The van der Waals surface area contributed by atoms with E-state index in [9.17, 15) is 0 Å². The summed E-state index contributed by atoms with van der Waals surface area (Å²) in [6.07, 6.45) is 8.81. The second-order valence-electron chi connectivity index (χ2n) is 3.81. The van der Waals surface area contributed by atoms with E-state index in [1.165, 1.54) is 45.1 Å². The Hall–Kier alpha value is -0.0400. The molecule has 0 heterocycles. The van der Waals surface area contributed by atoms with Gasteiger partial charge in [0.05, 0.1) is 0 Å². The van der Waals surface area contributed by atoms with Crippen LogP contribution in [-0.2, 0) is 0 Å². The summed E-state index contributed by atoms with van der Waals surface area (Å²) in [5, 5.41) is 3.54. The first-order chi connectivity index (χ1) is 4.95. The zero-order valence-corrected chi connectivity index (χ0v) is 6.60. The van der Waals surface area contributed by atoms with Gasteiger partial charge >= 0.3 is 0 Å². The van der Waals surface area contributed by atoms with Crippen molar-refractivity contribution in [3.63, 3.8) is 0 Å². The average Bonchev–Trinajstić information content (AvgIpc) is 2.77. The van der Waals surface area contributed by atoms with Gasteiger partial charge in [0.15, 0.2) is 0 Å². The van der Waals surface area contributed by atoms with Gasteiger partial charge in [-0.2, -0.15) is 0 Å². The molecule has 1 nitrogen and oxygen atoms in total. The largest absolute Gasteiger partial charge is 0.314 e. The van der Waals surface area contributed by atoms with Crippen molar-refractivity contribution in [3.05, 3.63) is 0 Å². The Morgan fingerprint density at radius 3 is 2.50 bits per heavy atom. The standard InChI is InChI=1S/C9H17N/c1(2-8-3-4-8)7-10-9-5-6-9/h8-10H,1-7H2. The molecule has 2 aliphatic rings. The maximum absolute atomic E-state index is 3.54. The quantitative estimate of drug-likeness (QED) is 0.574. The maximum atomic E-state index is 3.54. The lowest BCUT2D eigenvalue weighted by Gasteiger charge is -1.99. The molecule has 58 valence electrons. The third-order valence-electron chi connectivity index (χ3n) is 2.50. The van der Waals surface area contributed by atoms with Gasteiger partial charge < -0.3 is 5.32 Å². The number of hydrogen-bond acceptors (Lipinski definition) is 1. The second-order valence-corrected chi connectivity index (χ2v) is 3.81. The van der Waals surface area contributed by atoms with Crippen LogP contribution < -0.4 is 5.32 Å². The minimum Gasteiger partial charge on any atom is -0.314 e. The van der Waals surface area contributed by atoms with Crippen molar-refractivity contribution in [1.29, 1.82) is 0 Å². The predicted molar refractivity (Wildman–Crippen MR) is 43.0 cm³/mol. The lowest BCUT2D eigenvalue weighted by Crippen LogP contribution is -2.17. The molecule has 2 fully saturated rings. The van der Waals surface area contributed by atoms with Crippen LogP contribution >= 0.6 is 0 Å². The molecule has 10 heavy (non-hydrogen) atoms. The Bertz CT molecular complexity index is 89.3. The van der Waals surface area contributed by atoms with Gasteiger partial charge in [-0.15, -0.1) is 0 Å². The second kappa shape index (κ2) is 2.91. The maximum Gasteiger partial charge on any atom is 0.00682 e. The van der Waals surface area contributed by atoms with E-state index in [2.05, 4.69) is 5.32 Å². The molecule has 0 aliphatic heterocycles. The fourth-order valence-corrected chi connectivity index (χ4v) is 1.39. The van der Waals surface area contributed by atoms with E-state index in [-0.39, 0.29) is 0 Å². The topological polar surface area (TPSA) is 12.0 Å². The molecule has 1 N–H and O–H groups in total. The van der Waals surface area contributed by atoms with Gasteiger partial charge in [-0.3, -0.25) is 0 Å². The molecular weight excluding hydrogens is 122 g/mol. The monoisotopic (exact) mass is 139 g/mol. The highest BCUT2D eigenvalue weighted by Crippen LogP contribution is 2.33. The van der Waals surface area contributed by atoms with Crippen molar-refractivity contribution in [1.82, 2.24) is 5.32 Å². The highest BCUT2D eigenvalue weighted by molar-refractivity contribution is 4.81. The van der Waals surface area contributed by atoms with Crippen molar-refractivity contribution in [3.8, 4) is 0 Å². The van der Waals surface area contributed by atoms with Crippen LogP contribution in [0.1, 0.15) is 38.5 Å². The van der Waals surface area contributed by atoms with E-state index in [1.807, 2.05) is 0 Å². The molecule has 0 aromatic rings. The minimum atomic E-state index is 0.916. The summed E-state index contributed by atoms with van der Waals surface area (Å²) in [5.74, 6) is 1.13. The summed E-state index contributed by atoms with van der Waals surface area (Å²) < 4.78 is 0. The molecule has 0 atom stereocenters. The molecule has 0 amide bonds. The molecule has 0 unspecified atom stereocenters. The van der Waals surface area contributed by atoms with Crippen molar-refractivity contribution in [2.24, 2.45) is 5.92 Å². The van der Waals surface area contributed by atoms with Crippen LogP contribution in [0.15, 0.2) is 0 Å². The fraction of sp³-hybridized carbons (Fsp3) is 1.00. The molecule has 1 heteroatoms. The third kappa shape index (κ3) is 2.30. The summed E-state index contributed by atoms with van der Waals surface area (Å²) in [5.41, 5.74) is 0. The first-order valence-corrected chi connectivity index (χ1v) is 4.68. The molecule has 0 radical (unpaired) electrons. The normalized spacial score (nSPS) is 25.2. The van der Waals surface area contributed by atoms with Gasteiger partial charge in [0.25, 0.3) is 0 Å². The van der Waals surface area contributed by atoms with Crippen LogP contribution in [0, 0.1) is 5.92 Å². The Kier molecular flexibility index (Phi) is 1.94. The zero-order valence-electron chi connectivity index (χ0n) is 6.60. The summed E-state index contributed by atoms with van der Waals surface area (Å²) in [7, 11) is 0. The smallest absolute Gasteiger partial charge is 0.00682 e. The van der Waals surface area contributed by atoms with Crippen LogP contribution in [0.3, 0.4) is 0 Å². The van der Waals surface area contributed by atoms with Crippen LogP contribution in [0.2, 0.25) is 0 Å². The minimum absolute atomic E-state index is 0.916. The van der Waals surface area contributed by atoms with E-state index in [0.29, 0.717) is 0 Å². The molecule has 0 spiro atoms. The van der Waals surface area contributed by atoms with E-state index in [0.717, 1.165) is 12.0 Å². The number of rotatable bonds is 5. The van der Waals surface area contributed by atoms with Crippen molar-refractivity contribution in [2.45, 2.75) is 44.6 Å². The molecule has 2 rings (SSSR count). The number of nitrogens with one attached hydrogen (secondary N) is 1. The van der Waals surface area contributed by atoms with E-state index >= 15 is 0 Å². The van der Waals surface area contributed by atoms with Gasteiger partial charge in [0.2, 0.25) is 0 Å². The first kappa shape index (κ1) is 6.66. The molecule has 0 aromatic carbocycles. The molecular formula is C9H17N. The van der Waals surface area contributed by atoms with Gasteiger partial charge in [0.1, 0.15) is 0 Å². The van der Waals surface area contributed by atoms with Crippen molar-refractivity contribution >= 4 is 0 Å². The highest BCUT2D eigenvalue weighted by atomic mass is 14.9. The van der Waals surface area contributed by atoms with Gasteiger partial charge in [-0.25, -0.2) is 0 Å². The SMILES string of the molecule is C(CNC1CC1)CC1CC1. The fourth-order valence-electron chi connectivity index (χ4n) is 1.39. The van der Waals surface area contributed by atoms with E-state index in [1.54, 1.807) is 0 Å². The summed E-state index contributed by atoms with van der Waals surface area (Å²) in [6, 6.07) is 0.916. The van der Waals surface area contributed by atoms with Crippen molar-refractivity contribution in [2.75, 3.05) is 6.54 Å². The lowest BCUT2D eigenvalue weighted by molar-refractivity contribution is 0.591. The Balaban J connectivity index is 1.40. The summed E-state index contributed by atoms with van der Waals surface area (Å²) in [4.78, 5) is 0. The summed E-state index contributed by atoms with van der Waals surface area (Å²) in [6.45, 7) is 1.28. The van der Waals surface area contributed by atoms with Gasteiger partial charge in [-0.05, 0) is 38.1 Å². The average molecular weight is 139 g/mol. The van der Waals surface area contributed by atoms with Crippen LogP contribution in [0.25, 0.3) is 0 Å². The van der Waals surface area contributed by atoms with Crippen LogP contribution in [0.4, 0.5) is 0 Å². The molecule has 0 saturated heterocycles. The lowest BCUT2D eigenvalue weighted by atomic mass is 10.2. The van der Waals surface area contributed by atoms with E-state index in [4.69, 9.17) is 0 Å². The predicted octanol–water partition coefficient (Wildman–Crippen LogP) is 1.93. The molecule has 0 aromatic heterocycles. The van der Waals surface area contributed by atoms with Gasteiger partial charge in [-0.1, -0.05) is 12.8 Å². The Morgan fingerprint density at radius 1 is 1.10 bits per heavy atom. The van der Waals surface area contributed by atoms with Crippen LogP contribution in [0.5, 0.6) is 0 Å². The molecule has 2 saturated carbocycles. The Labute approximate surface area is 63.2 Å². The third-order valence-corrected chi connectivity index (χ3v) is 2.50. The number of hydrogen-bond donors (Lipinski definition) is 1. The van der Waals surface area contributed by atoms with Crippen LogP contribution in [-0.4, -0.2) is 12.6 Å². The highest BCUT2D eigenvalue weighted by Gasteiger charge is 2.22.